The fourth-order valence-electron chi connectivity index (χ4n) is 1.97. The van der Waals surface area contributed by atoms with Gasteiger partial charge in [-0.25, -0.2) is 4.68 Å². The zero-order valence-electron chi connectivity index (χ0n) is 8.68. The van der Waals surface area contributed by atoms with Crippen molar-refractivity contribution in [3.63, 3.8) is 0 Å². The number of nitrogens with one attached hydrogen (secondary N) is 1. The van der Waals surface area contributed by atoms with Crippen LogP contribution in [0.1, 0.15) is 32.2 Å². The number of rotatable bonds is 2. The van der Waals surface area contributed by atoms with Crippen LogP contribution in [0, 0.1) is 0 Å². The molecule has 1 heterocycles. The van der Waals surface area contributed by atoms with Gasteiger partial charge in [-0.3, -0.25) is 4.79 Å². The van der Waals surface area contributed by atoms with E-state index in [9.17, 15) is 4.79 Å². The van der Waals surface area contributed by atoms with Gasteiger partial charge in [0.25, 0.3) is 0 Å². The number of anilines is 1. The first-order valence-electron chi connectivity index (χ1n) is 5.12. The first kappa shape index (κ1) is 10.1. The Bertz CT molecular complexity index is 361. The van der Waals surface area contributed by atoms with Gasteiger partial charge in [0.05, 0.1) is 12.2 Å². The third kappa shape index (κ3) is 2.15. The predicted octanol–water partition coefficient (Wildman–Crippen LogP) is 0.289. The lowest BCUT2D eigenvalue weighted by Crippen LogP contribution is -2.27. The summed E-state index contributed by atoms with van der Waals surface area (Å²) in [5.41, 5.74) is 5.95. The van der Waals surface area contributed by atoms with Gasteiger partial charge in [-0.15, -0.1) is 5.10 Å². The van der Waals surface area contributed by atoms with Crippen LogP contribution in [0.4, 0.5) is 5.82 Å². The second-order valence-corrected chi connectivity index (χ2v) is 3.93. The molecule has 1 saturated carbocycles. The summed E-state index contributed by atoms with van der Waals surface area (Å²) < 4.78 is 1.75. The molecule has 15 heavy (non-hydrogen) atoms. The summed E-state index contributed by atoms with van der Waals surface area (Å²) in [5, 5.41) is 10.4. The largest absolute Gasteiger partial charge is 0.326 e. The molecule has 0 aliphatic heterocycles. The van der Waals surface area contributed by atoms with Crippen LogP contribution >= 0.6 is 0 Å². The van der Waals surface area contributed by atoms with Crippen molar-refractivity contribution in [2.24, 2.45) is 5.73 Å². The third-order valence-corrected chi connectivity index (χ3v) is 2.69. The maximum absolute atomic E-state index is 10.8. The molecule has 1 amide bonds. The molecule has 82 valence electrons. The number of hydrogen-bond donors (Lipinski definition) is 2. The van der Waals surface area contributed by atoms with Gasteiger partial charge in [0, 0.05) is 13.0 Å². The van der Waals surface area contributed by atoms with Gasteiger partial charge >= 0.3 is 0 Å². The summed E-state index contributed by atoms with van der Waals surface area (Å²) in [6.45, 7) is 1.44. The first-order chi connectivity index (χ1) is 7.16. The summed E-state index contributed by atoms with van der Waals surface area (Å²) in [7, 11) is 0. The lowest BCUT2D eigenvalue weighted by atomic mass is 10.2. The second kappa shape index (κ2) is 3.98. The van der Waals surface area contributed by atoms with Crippen LogP contribution < -0.4 is 11.1 Å². The summed E-state index contributed by atoms with van der Waals surface area (Å²) >= 11 is 0. The van der Waals surface area contributed by atoms with E-state index >= 15 is 0 Å². The number of nitrogens with zero attached hydrogens (tertiary/aromatic N) is 3. The Balaban J connectivity index is 2.09. The van der Waals surface area contributed by atoms with E-state index in [1.807, 2.05) is 0 Å². The van der Waals surface area contributed by atoms with Crippen LogP contribution in [0.15, 0.2) is 6.20 Å². The highest BCUT2D eigenvalue weighted by Gasteiger charge is 2.26. The zero-order chi connectivity index (χ0) is 10.8. The summed E-state index contributed by atoms with van der Waals surface area (Å²) in [4.78, 5) is 10.8. The third-order valence-electron chi connectivity index (χ3n) is 2.69. The number of hydrogen-bond acceptors (Lipinski definition) is 4. The van der Waals surface area contributed by atoms with Gasteiger partial charge in [0.2, 0.25) is 5.91 Å². The highest BCUT2D eigenvalue weighted by atomic mass is 16.1. The maximum atomic E-state index is 10.8. The van der Waals surface area contributed by atoms with Crippen molar-refractivity contribution < 1.29 is 4.79 Å². The van der Waals surface area contributed by atoms with Crippen LogP contribution in [0.5, 0.6) is 0 Å². The molecule has 0 aromatic carbocycles. The van der Waals surface area contributed by atoms with Crippen LogP contribution in [0.2, 0.25) is 0 Å². The molecule has 1 aliphatic rings. The Kier molecular flexibility index (Phi) is 2.68. The molecule has 1 fully saturated rings. The summed E-state index contributed by atoms with van der Waals surface area (Å²) in [5.74, 6) is 0.347. The standard InChI is InChI=1S/C9H15N5O/c1-6(15)11-9-5-14(13-12-9)8-4-2-3-7(8)10/h5,7-8H,2-4,10H2,1H3,(H,11,15). The molecule has 1 aromatic rings. The molecule has 2 atom stereocenters. The minimum atomic E-state index is -0.141. The molecule has 1 aliphatic carbocycles. The number of carbonyl (C=O) groups is 1. The molecular formula is C9H15N5O. The van der Waals surface area contributed by atoms with Gasteiger partial charge in [-0.2, -0.15) is 0 Å². The van der Waals surface area contributed by atoms with Crippen LogP contribution in [-0.4, -0.2) is 26.9 Å². The number of aromatic nitrogens is 3. The Morgan fingerprint density at radius 2 is 2.47 bits per heavy atom. The minimum absolute atomic E-state index is 0.141. The zero-order valence-corrected chi connectivity index (χ0v) is 8.68. The Labute approximate surface area is 87.8 Å². The van der Waals surface area contributed by atoms with Gasteiger partial charge in [0.15, 0.2) is 5.82 Å². The van der Waals surface area contributed by atoms with Crippen LogP contribution in [0.25, 0.3) is 0 Å². The van der Waals surface area contributed by atoms with Crippen molar-refractivity contribution in [3.05, 3.63) is 6.20 Å². The molecule has 0 bridgehead atoms. The van der Waals surface area contributed by atoms with E-state index in [0.717, 1.165) is 19.3 Å². The van der Waals surface area contributed by atoms with Crippen LogP contribution in [-0.2, 0) is 4.79 Å². The molecule has 0 saturated heterocycles. The first-order valence-corrected chi connectivity index (χ1v) is 5.12. The Morgan fingerprint density at radius 3 is 3.07 bits per heavy atom. The van der Waals surface area contributed by atoms with E-state index < -0.39 is 0 Å². The van der Waals surface area contributed by atoms with Crippen molar-refractivity contribution in [1.29, 1.82) is 0 Å². The second-order valence-electron chi connectivity index (χ2n) is 3.93. The fraction of sp³-hybridized carbons (Fsp3) is 0.667. The smallest absolute Gasteiger partial charge is 0.222 e. The summed E-state index contributed by atoms with van der Waals surface area (Å²) in [6, 6.07) is 0.372. The highest BCUT2D eigenvalue weighted by Crippen LogP contribution is 2.28. The molecule has 0 radical (unpaired) electrons. The molecular weight excluding hydrogens is 194 g/mol. The molecule has 2 unspecified atom stereocenters. The normalized spacial score (nSPS) is 25.5. The Hall–Kier alpha value is -1.43. The molecule has 0 spiro atoms. The molecule has 2 rings (SSSR count). The monoisotopic (exact) mass is 209 g/mol. The van der Waals surface area contributed by atoms with Gasteiger partial charge in [-0.05, 0) is 19.3 Å². The molecule has 6 nitrogen and oxygen atoms in total. The number of nitrogens with two attached hydrogens (primary N) is 1. The average Bonchev–Trinajstić information content (AvgIpc) is 2.72. The predicted molar refractivity (Wildman–Crippen MR) is 55.2 cm³/mol. The van der Waals surface area contributed by atoms with Gasteiger partial charge in [-0.1, -0.05) is 5.21 Å². The Morgan fingerprint density at radius 1 is 1.67 bits per heavy atom. The van der Waals surface area contributed by atoms with Crippen molar-refractivity contribution in [3.8, 4) is 0 Å². The molecule has 1 aromatic heterocycles. The quantitative estimate of drug-likeness (QED) is 0.733. The van der Waals surface area contributed by atoms with E-state index in [-0.39, 0.29) is 18.0 Å². The topological polar surface area (TPSA) is 85.8 Å². The minimum Gasteiger partial charge on any atom is -0.326 e. The SMILES string of the molecule is CC(=O)Nc1cn(C2CCCC2N)nn1. The van der Waals surface area contributed by atoms with Crippen molar-refractivity contribution in [2.45, 2.75) is 38.3 Å². The lowest BCUT2D eigenvalue weighted by Gasteiger charge is -2.14. The van der Waals surface area contributed by atoms with E-state index in [4.69, 9.17) is 5.73 Å². The average molecular weight is 209 g/mol. The highest BCUT2D eigenvalue weighted by molar-refractivity contribution is 5.87. The summed E-state index contributed by atoms with van der Waals surface area (Å²) in [6.07, 6.45) is 4.92. The number of carbonyl (C=O) groups excluding carboxylic acids is 1. The van der Waals surface area contributed by atoms with E-state index in [0.29, 0.717) is 5.82 Å². The van der Waals surface area contributed by atoms with Crippen molar-refractivity contribution in [2.75, 3.05) is 5.32 Å². The van der Waals surface area contributed by atoms with Gasteiger partial charge < -0.3 is 11.1 Å². The molecule has 6 heteroatoms. The van der Waals surface area contributed by atoms with E-state index in [2.05, 4.69) is 15.6 Å². The fourth-order valence-corrected chi connectivity index (χ4v) is 1.97. The van der Waals surface area contributed by atoms with Crippen molar-refractivity contribution >= 4 is 11.7 Å². The van der Waals surface area contributed by atoms with Crippen molar-refractivity contribution in [1.82, 2.24) is 15.0 Å². The van der Waals surface area contributed by atoms with Gasteiger partial charge in [0.1, 0.15) is 0 Å². The maximum Gasteiger partial charge on any atom is 0.222 e. The number of amides is 1. The molecule has 3 N–H and O–H groups in total. The lowest BCUT2D eigenvalue weighted by molar-refractivity contribution is -0.114. The van der Waals surface area contributed by atoms with Crippen LogP contribution in [0.3, 0.4) is 0 Å². The van der Waals surface area contributed by atoms with E-state index in [1.165, 1.54) is 6.92 Å². The van der Waals surface area contributed by atoms with E-state index in [1.54, 1.807) is 10.9 Å².